The highest BCUT2D eigenvalue weighted by Gasteiger charge is 2.33. The Kier molecular flexibility index (Phi) is 6.72. The van der Waals surface area contributed by atoms with Crippen LogP contribution >= 0.6 is 11.6 Å². The van der Waals surface area contributed by atoms with Crippen molar-refractivity contribution in [1.82, 2.24) is 14.6 Å². The zero-order valence-electron chi connectivity index (χ0n) is 19.2. The van der Waals surface area contributed by atoms with Gasteiger partial charge in [-0.2, -0.15) is 5.10 Å². The van der Waals surface area contributed by atoms with Crippen LogP contribution in [-0.2, 0) is 20.7 Å². The molecule has 6 nitrogen and oxygen atoms in total. The van der Waals surface area contributed by atoms with Crippen molar-refractivity contribution in [3.05, 3.63) is 52.3 Å². The van der Waals surface area contributed by atoms with Crippen LogP contribution < -0.4 is 0 Å². The fraction of sp³-hybridized carbons (Fsp3) is 0.458. The maximum absolute atomic E-state index is 12.8. The molecule has 0 radical (unpaired) electrons. The second-order valence-electron chi connectivity index (χ2n) is 9.10. The summed E-state index contributed by atoms with van der Waals surface area (Å²) in [7, 11) is 1.37. The minimum absolute atomic E-state index is 0.329. The number of aromatic nitrogens is 3. The van der Waals surface area contributed by atoms with E-state index < -0.39 is 17.7 Å². The normalized spacial score (nSPS) is 13.1. The number of carbonyl (C=O) groups is 1. The molecule has 7 heteroatoms. The van der Waals surface area contributed by atoms with Gasteiger partial charge in [0.15, 0.2) is 11.8 Å². The molecule has 166 valence electrons. The number of rotatable bonds is 6. The molecule has 0 aliphatic heterocycles. The summed E-state index contributed by atoms with van der Waals surface area (Å²) < 4.78 is 13.1. The van der Waals surface area contributed by atoms with E-state index >= 15 is 0 Å². The molecule has 0 amide bonds. The fourth-order valence-electron chi connectivity index (χ4n) is 3.60. The first-order valence-electron chi connectivity index (χ1n) is 10.4. The Morgan fingerprint density at radius 3 is 2.52 bits per heavy atom. The van der Waals surface area contributed by atoms with E-state index in [2.05, 4.69) is 13.8 Å². The molecule has 2 aromatic heterocycles. The van der Waals surface area contributed by atoms with Crippen LogP contribution in [0.4, 0.5) is 0 Å². The van der Waals surface area contributed by atoms with Crippen LogP contribution in [0.15, 0.2) is 30.3 Å². The highest BCUT2D eigenvalue weighted by Crippen LogP contribution is 2.33. The molecule has 2 heterocycles. The van der Waals surface area contributed by atoms with E-state index in [-0.39, 0.29) is 0 Å². The number of aryl methyl sites for hydroxylation is 1. The molecular formula is C24H30ClN3O3. The van der Waals surface area contributed by atoms with Gasteiger partial charge in [-0.3, -0.25) is 0 Å². The van der Waals surface area contributed by atoms with Crippen LogP contribution in [0.1, 0.15) is 57.7 Å². The number of halogens is 1. The van der Waals surface area contributed by atoms with E-state index in [1.54, 1.807) is 0 Å². The van der Waals surface area contributed by atoms with E-state index in [1.807, 2.05) is 62.5 Å². The number of carbonyl (C=O) groups excluding carboxylic acids is 1. The average molecular weight is 444 g/mol. The van der Waals surface area contributed by atoms with Gasteiger partial charge in [-0.25, -0.2) is 14.3 Å². The minimum Gasteiger partial charge on any atom is -0.467 e. The quantitative estimate of drug-likeness (QED) is 0.465. The molecule has 31 heavy (non-hydrogen) atoms. The molecule has 0 fully saturated rings. The number of ether oxygens (including phenoxy) is 2. The highest BCUT2D eigenvalue weighted by atomic mass is 35.5. The van der Waals surface area contributed by atoms with Gasteiger partial charge in [0.2, 0.25) is 0 Å². The average Bonchev–Trinajstić information content (AvgIpc) is 3.09. The van der Waals surface area contributed by atoms with Crippen molar-refractivity contribution in [2.24, 2.45) is 5.92 Å². The molecule has 0 N–H and O–H groups in total. The zero-order chi connectivity index (χ0) is 22.9. The van der Waals surface area contributed by atoms with Crippen LogP contribution in [0, 0.1) is 12.8 Å². The van der Waals surface area contributed by atoms with Gasteiger partial charge in [-0.15, -0.1) is 0 Å². The Morgan fingerprint density at radius 2 is 1.94 bits per heavy atom. The summed E-state index contributed by atoms with van der Waals surface area (Å²) in [6.07, 6.45) is -0.193. The van der Waals surface area contributed by atoms with Crippen LogP contribution in [0.5, 0.6) is 0 Å². The number of methoxy groups -OCH3 is 1. The van der Waals surface area contributed by atoms with Crippen molar-refractivity contribution in [3.63, 3.8) is 0 Å². The van der Waals surface area contributed by atoms with Crippen molar-refractivity contribution >= 4 is 23.2 Å². The first kappa shape index (κ1) is 23.2. The summed E-state index contributed by atoms with van der Waals surface area (Å²) in [5.41, 5.74) is 4.16. The maximum Gasteiger partial charge on any atom is 0.339 e. The zero-order valence-corrected chi connectivity index (χ0v) is 19.9. The van der Waals surface area contributed by atoms with Crippen LogP contribution in [0.2, 0.25) is 5.02 Å². The summed E-state index contributed by atoms with van der Waals surface area (Å²) in [4.78, 5) is 17.5. The van der Waals surface area contributed by atoms with Crippen molar-refractivity contribution in [2.45, 2.75) is 59.7 Å². The van der Waals surface area contributed by atoms with Crippen LogP contribution in [-0.4, -0.2) is 33.3 Å². The first-order chi connectivity index (χ1) is 14.5. The predicted molar refractivity (Wildman–Crippen MR) is 122 cm³/mol. The molecular weight excluding hydrogens is 414 g/mol. The molecule has 0 aliphatic rings. The van der Waals surface area contributed by atoms with Crippen molar-refractivity contribution in [2.75, 3.05) is 7.11 Å². The number of fused-ring (bicyclic) bond motifs is 1. The Hall–Kier alpha value is -2.44. The Balaban J connectivity index is 2.27. The third-order valence-electron chi connectivity index (χ3n) is 4.80. The van der Waals surface area contributed by atoms with Crippen LogP contribution in [0.25, 0.3) is 16.9 Å². The topological polar surface area (TPSA) is 65.7 Å². The number of nitrogens with zero attached hydrogens (tertiary/aromatic N) is 3. The Labute approximate surface area is 188 Å². The molecule has 3 aromatic rings. The van der Waals surface area contributed by atoms with Crippen LogP contribution in [0.3, 0.4) is 0 Å². The van der Waals surface area contributed by atoms with Gasteiger partial charge in [0, 0.05) is 27.9 Å². The van der Waals surface area contributed by atoms with Gasteiger partial charge in [-0.1, -0.05) is 37.6 Å². The monoisotopic (exact) mass is 443 g/mol. The van der Waals surface area contributed by atoms with Crippen molar-refractivity contribution in [3.8, 4) is 11.3 Å². The number of esters is 1. The van der Waals surface area contributed by atoms with E-state index in [0.29, 0.717) is 28.6 Å². The number of hydrogen-bond donors (Lipinski definition) is 0. The van der Waals surface area contributed by atoms with Gasteiger partial charge >= 0.3 is 5.97 Å². The lowest BCUT2D eigenvalue weighted by Gasteiger charge is -2.28. The highest BCUT2D eigenvalue weighted by molar-refractivity contribution is 6.30. The SMILES string of the molecule is COC(=O)C(OC(C)(C)C)c1c(C)nc2cc(-c3cccc(Cl)c3)nn2c1CC(C)C. The van der Waals surface area contributed by atoms with E-state index in [1.165, 1.54) is 7.11 Å². The third kappa shape index (κ3) is 5.25. The summed E-state index contributed by atoms with van der Waals surface area (Å²) >= 11 is 6.18. The first-order valence-corrected chi connectivity index (χ1v) is 10.8. The molecule has 0 saturated heterocycles. The van der Waals surface area contributed by atoms with E-state index in [9.17, 15) is 4.79 Å². The summed E-state index contributed by atoms with van der Waals surface area (Å²) in [6.45, 7) is 11.9. The standard InChI is InChI=1S/C24H30ClN3O3/c1-14(2)11-19-21(22(23(29)30-7)31-24(4,5)6)15(3)26-20-13-18(27-28(19)20)16-9-8-10-17(25)12-16/h8-10,12-14,22H,11H2,1-7H3. The van der Waals surface area contributed by atoms with E-state index in [0.717, 1.165) is 22.6 Å². The minimum atomic E-state index is -0.894. The fourth-order valence-corrected chi connectivity index (χ4v) is 3.79. The third-order valence-corrected chi connectivity index (χ3v) is 5.04. The molecule has 0 bridgehead atoms. The molecule has 0 saturated carbocycles. The second-order valence-corrected chi connectivity index (χ2v) is 9.54. The number of hydrogen-bond acceptors (Lipinski definition) is 5. The van der Waals surface area contributed by atoms with E-state index in [4.69, 9.17) is 31.2 Å². The molecule has 1 aromatic carbocycles. The van der Waals surface area contributed by atoms with Gasteiger partial charge in [0.1, 0.15) is 0 Å². The summed E-state index contributed by atoms with van der Waals surface area (Å²) in [5, 5.41) is 5.48. The lowest BCUT2D eigenvalue weighted by atomic mass is 9.97. The summed E-state index contributed by atoms with van der Waals surface area (Å²) in [5.74, 6) is -0.123. The maximum atomic E-state index is 12.8. The second kappa shape index (κ2) is 8.97. The van der Waals surface area contributed by atoms with Gasteiger partial charge in [0.25, 0.3) is 0 Å². The Bertz CT molecular complexity index is 1100. The van der Waals surface area contributed by atoms with Gasteiger partial charge in [-0.05, 0) is 52.2 Å². The lowest BCUT2D eigenvalue weighted by Crippen LogP contribution is -2.30. The smallest absolute Gasteiger partial charge is 0.339 e. The molecule has 3 rings (SSSR count). The molecule has 1 atom stereocenters. The summed E-state index contributed by atoms with van der Waals surface area (Å²) in [6, 6.07) is 9.49. The largest absolute Gasteiger partial charge is 0.467 e. The van der Waals surface area contributed by atoms with Gasteiger partial charge < -0.3 is 9.47 Å². The molecule has 0 aliphatic carbocycles. The lowest BCUT2D eigenvalue weighted by molar-refractivity contribution is -0.164. The van der Waals surface area contributed by atoms with Crippen molar-refractivity contribution in [1.29, 1.82) is 0 Å². The van der Waals surface area contributed by atoms with Gasteiger partial charge in [0.05, 0.1) is 24.1 Å². The van der Waals surface area contributed by atoms with Crippen molar-refractivity contribution < 1.29 is 14.3 Å². The molecule has 0 spiro atoms. The Morgan fingerprint density at radius 1 is 1.23 bits per heavy atom. The predicted octanol–water partition coefficient (Wildman–Crippen LogP) is 5.59. The molecule has 1 unspecified atom stereocenters. The number of benzene rings is 1.